The lowest BCUT2D eigenvalue weighted by Crippen LogP contribution is -2.38. The summed E-state index contributed by atoms with van der Waals surface area (Å²) >= 11 is 0. The lowest BCUT2D eigenvalue weighted by Gasteiger charge is -2.07. The molecule has 170 valence electrons. The van der Waals surface area contributed by atoms with Gasteiger partial charge in [-0.15, -0.1) is 10.2 Å². The van der Waals surface area contributed by atoms with Crippen molar-refractivity contribution in [3.05, 3.63) is 69.3 Å². The smallest absolute Gasteiger partial charge is 0.341 e. The van der Waals surface area contributed by atoms with Gasteiger partial charge >= 0.3 is 11.5 Å². The number of aromatic hydroxyl groups is 1. The van der Waals surface area contributed by atoms with Gasteiger partial charge in [-0.25, -0.2) is 4.79 Å². The van der Waals surface area contributed by atoms with E-state index in [0.717, 1.165) is 24.0 Å². The number of rotatable bonds is 5. The zero-order chi connectivity index (χ0) is 23.9. The number of H-pyrrole nitrogens is 1. The fourth-order valence-electron chi connectivity index (χ4n) is 3.84. The Kier molecular flexibility index (Phi) is 5.56. The summed E-state index contributed by atoms with van der Waals surface area (Å²) in [6.07, 6.45) is 4.95. The molecule has 0 saturated carbocycles. The number of fused-ring (bicyclic) bond motifs is 1. The number of azo groups is 1. The van der Waals surface area contributed by atoms with Crippen LogP contribution in [0.15, 0.2) is 56.6 Å². The Labute approximate surface area is 187 Å². The molecule has 12 heteroatoms. The van der Waals surface area contributed by atoms with Crippen molar-refractivity contribution in [1.82, 2.24) is 4.98 Å². The van der Waals surface area contributed by atoms with Crippen molar-refractivity contribution in [2.45, 2.75) is 31.1 Å². The molecule has 33 heavy (non-hydrogen) atoms. The molecule has 4 N–H and O–H groups in total. The van der Waals surface area contributed by atoms with Gasteiger partial charge in [-0.05, 0) is 55.5 Å². The minimum atomic E-state index is -4.58. The average Bonchev–Trinajstić information content (AvgIpc) is 3.20. The predicted octanol–water partition coefficient (Wildman–Crippen LogP) is 2.51. The molecule has 2 aromatic heterocycles. The molecule has 0 atom stereocenters. The summed E-state index contributed by atoms with van der Waals surface area (Å²) in [5, 5.41) is 27.4. The zero-order valence-electron chi connectivity index (χ0n) is 17.3. The van der Waals surface area contributed by atoms with Gasteiger partial charge in [0.1, 0.15) is 16.1 Å². The van der Waals surface area contributed by atoms with Gasteiger partial charge in [0.25, 0.3) is 15.8 Å². The summed E-state index contributed by atoms with van der Waals surface area (Å²) in [6, 6.07) is 5.69. The summed E-state index contributed by atoms with van der Waals surface area (Å²) in [7, 11) is -4.58. The maximum atomic E-state index is 12.5. The Morgan fingerprint density at radius 3 is 2.55 bits per heavy atom. The third-order valence-corrected chi connectivity index (χ3v) is 6.28. The van der Waals surface area contributed by atoms with E-state index in [1.165, 1.54) is 48.1 Å². The van der Waals surface area contributed by atoms with Crippen molar-refractivity contribution in [3.63, 3.8) is 0 Å². The van der Waals surface area contributed by atoms with Crippen LogP contribution in [0.1, 0.15) is 33.5 Å². The molecule has 0 saturated heterocycles. The molecular formula is C21H19N4O7S+. The number of nitrogens with zero attached hydrogens (tertiary/aromatic N) is 3. The second-order valence-corrected chi connectivity index (χ2v) is 8.94. The monoisotopic (exact) mass is 471 g/mol. The Morgan fingerprint density at radius 1 is 1.18 bits per heavy atom. The van der Waals surface area contributed by atoms with Gasteiger partial charge in [-0.1, -0.05) is 0 Å². The van der Waals surface area contributed by atoms with Crippen LogP contribution >= 0.6 is 0 Å². The lowest BCUT2D eigenvalue weighted by atomic mass is 10.1. The van der Waals surface area contributed by atoms with Crippen LogP contribution in [0.5, 0.6) is 5.88 Å². The van der Waals surface area contributed by atoms with Crippen LogP contribution in [0.4, 0.5) is 11.4 Å². The average molecular weight is 471 g/mol. The van der Waals surface area contributed by atoms with Crippen LogP contribution in [0.3, 0.4) is 0 Å². The number of pyridine rings is 2. The van der Waals surface area contributed by atoms with Gasteiger partial charge in [0.2, 0.25) is 5.88 Å². The van der Waals surface area contributed by atoms with E-state index >= 15 is 0 Å². The summed E-state index contributed by atoms with van der Waals surface area (Å²) in [5.74, 6) is -1.79. The van der Waals surface area contributed by atoms with Crippen molar-refractivity contribution in [2.24, 2.45) is 10.2 Å². The standard InChI is InChI=1S/C21H18N4O7S/c1-11-17(19(26)22-20(27)18(11)25-7-3-6-14(10-25)21(28)29)24-23-15-8-12-4-2-5-13(12)9-16(15)33(30,31)32/h3,6-10H,2,4-5H2,1H3,(H3-,22,23,26,27,28,29,30,31,32)/p+1. The van der Waals surface area contributed by atoms with Crippen LogP contribution in [0.2, 0.25) is 0 Å². The topological polar surface area (TPSA) is 173 Å². The Morgan fingerprint density at radius 2 is 1.88 bits per heavy atom. The highest BCUT2D eigenvalue weighted by molar-refractivity contribution is 7.86. The SMILES string of the molecule is Cc1c(N=Nc2cc3c(cc2S(=O)(=O)O)CCC3)c(O)[nH]c(=O)c1-[n+]1cccc(C(=O)O)c1. The second kappa shape index (κ2) is 8.22. The lowest BCUT2D eigenvalue weighted by molar-refractivity contribution is -0.597. The molecule has 1 aliphatic rings. The van der Waals surface area contributed by atoms with Gasteiger partial charge in [0, 0.05) is 6.07 Å². The van der Waals surface area contributed by atoms with E-state index in [1.54, 1.807) is 0 Å². The summed E-state index contributed by atoms with van der Waals surface area (Å²) in [6.45, 7) is 1.48. The van der Waals surface area contributed by atoms with Crippen LogP contribution in [0.25, 0.3) is 5.69 Å². The summed E-state index contributed by atoms with van der Waals surface area (Å²) in [4.78, 5) is 25.6. The number of aromatic amines is 1. The Hall–Kier alpha value is -3.90. The molecule has 11 nitrogen and oxygen atoms in total. The van der Waals surface area contributed by atoms with Gasteiger partial charge in [0.05, 0.1) is 5.56 Å². The molecule has 1 aromatic carbocycles. The molecule has 0 bridgehead atoms. The summed E-state index contributed by atoms with van der Waals surface area (Å²) < 4.78 is 34.7. The summed E-state index contributed by atoms with van der Waals surface area (Å²) in [5.41, 5.74) is 0.832. The van der Waals surface area contributed by atoms with E-state index in [9.17, 15) is 32.8 Å². The molecule has 2 heterocycles. The molecule has 0 radical (unpaired) electrons. The number of carbonyl (C=O) groups is 1. The minimum Gasteiger partial charge on any atom is -0.493 e. The molecule has 0 amide bonds. The number of aromatic carboxylic acids is 1. The fraction of sp³-hybridized carbons (Fsp3) is 0.190. The van der Waals surface area contributed by atoms with E-state index in [1.807, 2.05) is 0 Å². The Bertz CT molecular complexity index is 1490. The van der Waals surface area contributed by atoms with Crippen molar-refractivity contribution in [1.29, 1.82) is 0 Å². The minimum absolute atomic E-state index is 0.00573. The number of carboxylic acid groups (broad SMARTS) is 1. The van der Waals surface area contributed by atoms with Gasteiger partial charge in [-0.2, -0.15) is 13.0 Å². The van der Waals surface area contributed by atoms with E-state index in [4.69, 9.17) is 0 Å². The molecule has 0 aliphatic heterocycles. The Balaban J connectivity index is 1.86. The zero-order valence-corrected chi connectivity index (χ0v) is 18.1. The second-order valence-electron chi connectivity index (χ2n) is 7.55. The van der Waals surface area contributed by atoms with Crippen LogP contribution in [0, 0.1) is 6.92 Å². The van der Waals surface area contributed by atoms with E-state index in [-0.39, 0.29) is 28.2 Å². The van der Waals surface area contributed by atoms with Gasteiger partial charge in [-0.3, -0.25) is 14.3 Å². The number of hydrogen-bond acceptors (Lipinski definition) is 7. The van der Waals surface area contributed by atoms with Crippen molar-refractivity contribution < 1.29 is 32.5 Å². The third-order valence-electron chi connectivity index (χ3n) is 5.40. The quantitative estimate of drug-likeness (QED) is 0.251. The molecule has 0 fully saturated rings. The number of benzene rings is 1. The van der Waals surface area contributed by atoms with E-state index in [2.05, 4.69) is 15.2 Å². The van der Waals surface area contributed by atoms with Gasteiger partial charge < -0.3 is 10.2 Å². The first-order valence-electron chi connectivity index (χ1n) is 9.82. The molecule has 0 unspecified atom stereocenters. The first-order chi connectivity index (χ1) is 15.6. The van der Waals surface area contributed by atoms with E-state index < -0.39 is 32.4 Å². The number of carboxylic acids is 1. The van der Waals surface area contributed by atoms with Crippen molar-refractivity contribution in [2.75, 3.05) is 0 Å². The van der Waals surface area contributed by atoms with Crippen LogP contribution in [-0.4, -0.2) is 34.1 Å². The number of aryl methyl sites for hydroxylation is 2. The number of aromatic nitrogens is 2. The highest BCUT2D eigenvalue weighted by atomic mass is 32.2. The number of nitrogens with one attached hydrogen (secondary N) is 1. The predicted molar refractivity (Wildman–Crippen MR) is 114 cm³/mol. The maximum absolute atomic E-state index is 12.5. The molecule has 3 aromatic rings. The molecule has 0 spiro atoms. The normalized spacial score (nSPS) is 13.4. The highest BCUT2D eigenvalue weighted by Gasteiger charge is 2.25. The van der Waals surface area contributed by atoms with Crippen LogP contribution < -0.4 is 10.1 Å². The highest BCUT2D eigenvalue weighted by Crippen LogP contribution is 2.35. The van der Waals surface area contributed by atoms with Crippen LogP contribution in [-0.2, 0) is 23.0 Å². The molecular weight excluding hydrogens is 452 g/mol. The van der Waals surface area contributed by atoms with Gasteiger partial charge in [0.15, 0.2) is 18.1 Å². The van der Waals surface area contributed by atoms with E-state index in [0.29, 0.717) is 6.42 Å². The maximum Gasteiger partial charge on any atom is 0.341 e. The third kappa shape index (κ3) is 4.25. The largest absolute Gasteiger partial charge is 0.493 e. The first kappa shape index (κ1) is 22.3. The fourth-order valence-corrected chi connectivity index (χ4v) is 4.49. The van der Waals surface area contributed by atoms with Crippen molar-refractivity contribution >= 4 is 27.5 Å². The van der Waals surface area contributed by atoms with Crippen molar-refractivity contribution in [3.8, 4) is 11.6 Å². The molecule has 4 rings (SSSR count). The first-order valence-corrected chi connectivity index (χ1v) is 11.3. The molecule has 1 aliphatic carbocycles. The number of hydrogen-bond donors (Lipinski definition) is 4.